The fraction of sp³-hybridized carbons (Fsp3) is 0.600. The van der Waals surface area contributed by atoms with Crippen molar-refractivity contribution in [1.82, 2.24) is 5.32 Å². The van der Waals surface area contributed by atoms with E-state index in [1.54, 1.807) is 0 Å². The van der Waals surface area contributed by atoms with Crippen LogP contribution < -0.4 is 5.32 Å². The molecule has 0 saturated heterocycles. The second kappa shape index (κ2) is 6.11. The number of rotatable bonds is 6. The lowest BCUT2D eigenvalue weighted by Gasteiger charge is -1.99. The van der Waals surface area contributed by atoms with Crippen LogP contribution in [0.25, 0.3) is 0 Å². The normalized spacial score (nSPS) is 10.6. The molecule has 0 aromatic carbocycles. The van der Waals surface area contributed by atoms with E-state index in [9.17, 15) is 0 Å². The fourth-order valence-electron chi connectivity index (χ4n) is 1.09. The molecule has 74 valence electrons. The van der Waals surface area contributed by atoms with Gasteiger partial charge < -0.3 is 9.73 Å². The molecule has 0 unspecified atom stereocenters. The summed E-state index contributed by atoms with van der Waals surface area (Å²) in [7, 11) is 0. The van der Waals surface area contributed by atoms with Crippen molar-refractivity contribution >= 4 is 11.8 Å². The first-order valence-corrected chi connectivity index (χ1v) is 6.03. The van der Waals surface area contributed by atoms with Crippen LogP contribution in [-0.4, -0.2) is 18.6 Å². The molecule has 1 rings (SSSR count). The van der Waals surface area contributed by atoms with E-state index in [4.69, 9.17) is 4.42 Å². The minimum absolute atomic E-state index is 0.848. The van der Waals surface area contributed by atoms with Gasteiger partial charge in [0.15, 0.2) is 0 Å². The van der Waals surface area contributed by atoms with E-state index in [0.717, 1.165) is 36.8 Å². The second-order valence-electron chi connectivity index (χ2n) is 2.89. The number of thioether (sulfide) groups is 1. The van der Waals surface area contributed by atoms with Crippen molar-refractivity contribution in [3.8, 4) is 0 Å². The van der Waals surface area contributed by atoms with Gasteiger partial charge in [-0.2, -0.15) is 11.8 Å². The van der Waals surface area contributed by atoms with E-state index < -0.39 is 0 Å². The lowest BCUT2D eigenvalue weighted by Crippen LogP contribution is -2.15. The summed E-state index contributed by atoms with van der Waals surface area (Å²) in [6.07, 6.45) is 3.09. The van der Waals surface area contributed by atoms with Crippen molar-refractivity contribution in [2.75, 3.05) is 18.6 Å². The smallest absolute Gasteiger partial charge is 0.117 e. The Bertz CT molecular complexity index is 235. The number of furan rings is 1. The van der Waals surface area contributed by atoms with Crippen LogP contribution in [0.1, 0.15) is 18.4 Å². The predicted molar refractivity (Wildman–Crippen MR) is 58.2 cm³/mol. The van der Waals surface area contributed by atoms with E-state index in [2.05, 4.69) is 18.5 Å². The highest BCUT2D eigenvalue weighted by atomic mass is 32.2. The highest BCUT2D eigenvalue weighted by molar-refractivity contribution is 7.98. The van der Waals surface area contributed by atoms with Crippen LogP contribution >= 0.6 is 11.8 Å². The molecule has 0 spiro atoms. The summed E-state index contributed by atoms with van der Waals surface area (Å²) in [5, 5.41) is 3.33. The molecule has 0 aliphatic rings. The SMILES string of the molecule is CCc1ccc(CNCCSC)o1. The van der Waals surface area contributed by atoms with Crippen LogP contribution in [0, 0.1) is 0 Å². The molecule has 2 nitrogen and oxygen atoms in total. The van der Waals surface area contributed by atoms with Gasteiger partial charge in [-0.1, -0.05) is 6.92 Å². The first-order chi connectivity index (χ1) is 6.36. The highest BCUT2D eigenvalue weighted by Crippen LogP contribution is 2.07. The van der Waals surface area contributed by atoms with Gasteiger partial charge in [0.1, 0.15) is 11.5 Å². The van der Waals surface area contributed by atoms with Gasteiger partial charge in [-0.3, -0.25) is 0 Å². The Morgan fingerprint density at radius 1 is 1.38 bits per heavy atom. The van der Waals surface area contributed by atoms with Crippen LogP contribution in [0.3, 0.4) is 0 Å². The zero-order valence-corrected chi connectivity index (χ0v) is 9.12. The number of nitrogens with one attached hydrogen (secondary N) is 1. The van der Waals surface area contributed by atoms with Crippen molar-refractivity contribution in [2.24, 2.45) is 0 Å². The number of hydrogen-bond acceptors (Lipinski definition) is 3. The average molecular weight is 199 g/mol. The zero-order valence-electron chi connectivity index (χ0n) is 8.30. The Hall–Kier alpha value is -0.410. The summed E-state index contributed by atoms with van der Waals surface area (Å²) < 4.78 is 5.54. The second-order valence-corrected chi connectivity index (χ2v) is 3.88. The Labute approximate surface area is 84.1 Å². The van der Waals surface area contributed by atoms with Crippen LogP contribution in [0.15, 0.2) is 16.5 Å². The standard InChI is InChI=1S/C10H17NOS/c1-3-9-4-5-10(12-9)8-11-6-7-13-2/h4-5,11H,3,6-8H2,1-2H3. The minimum Gasteiger partial charge on any atom is -0.465 e. The molecule has 1 heterocycles. The fourth-order valence-corrected chi connectivity index (χ4v) is 1.44. The third-order valence-corrected chi connectivity index (χ3v) is 2.46. The van der Waals surface area contributed by atoms with Crippen LogP contribution in [0.5, 0.6) is 0 Å². The molecule has 0 amide bonds. The van der Waals surface area contributed by atoms with Gasteiger partial charge in [-0.15, -0.1) is 0 Å². The lowest BCUT2D eigenvalue weighted by molar-refractivity contribution is 0.454. The topological polar surface area (TPSA) is 25.2 Å². The van der Waals surface area contributed by atoms with Crippen molar-refractivity contribution < 1.29 is 4.42 Å². The summed E-state index contributed by atoms with van der Waals surface area (Å²) in [5.41, 5.74) is 0. The Morgan fingerprint density at radius 3 is 2.77 bits per heavy atom. The van der Waals surface area contributed by atoms with Crippen LogP contribution in [-0.2, 0) is 13.0 Å². The number of hydrogen-bond donors (Lipinski definition) is 1. The van der Waals surface area contributed by atoms with Crippen molar-refractivity contribution in [3.05, 3.63) is 23.7 Å². The summed E-state index contributed by atoms with van der Waals surface area (Å²) in [6.45, 7) is 3.99. The molecule has 0 saturated carbocycles. The zero-order chi connectivity index (χ0) is 9.52. The number of aryl methyl sites for hydroxylation is 1. The maximum atomic E-state index is 5.54. The molecule has 1 N–H and O–H groups in total. The third kappa shape index (κ3) is 3.87. The van der Waals surface area contributed by atoms with Gasteiger partial charge in [0.25, 0.3) is 0 Å². The molecule has 0 atom stereocenters. The van der Waals surface area contributed by atoms with Crippen LogP contribution in [0.4, 0.5) is 0 Å². The summed E-state index contributed by atoms with van der Waals surface area (Å²) >= 11 is 1.85. The van der Waals surface area contributed by atoms with Gasteiger partial charge in [0, 0.05) is 18.7 Å². The van der Waals surface area contributed by atoms with E-state index in [-0.39, 0.29) is 0 Å². The van der Waals surface area contributed by atoms with Crippen molar-refractivity contribution in [2.45, 2.75) is 19.9 Å². The highest BCUT2D eigenvalue weighted by Gasteiger charge is 1.98. The van der Waals surface area contributed by atoms with Crippen molar-refractivity contribution in [3.63, 3.8) is 0 Å². The summed E-state index contributed by atoms with van der Waals surface area (Å²) in [4.78, 5) is 0. The average Bonchev–Trinajstić information content (AvgIpc) is 2.60. The first kappa shape index (κ1) is 10.7. The lowest BCUT2D eigenvalue weighted by atomic mass is 10.3. The van der Waals surface area contributed by atoms with Crippen LogP contribution in [0.2, 0.25) is 0 Å². The summed E-state index contributed by atoms with van der Waals surface area (Å²) in [6, 6.07) is 4.09. The van der Waals surface area contributed by atoms with Gasteiger partial charge in [-0.25, -0.2) is 0 Å². The maximum Gasteiger partial charge on any atom is 0.117 e. The molecule has 0 aliphatic carbocycles. The van der Waals surface area contributed by atoms with Gasteiger partial charge >= 0.3 is 0 Å². The van der Waals surface area contributed by atoms with Gasteiger partial charge in [0.05, 0.1) is 6.54 Å². The van der Waals surface area contributed by atoms with E-state index in [1.165, 1.54) is 0 Å². The quantitative estimate of drug-likeness (QED) is 0.712. The predicted octanol–water partition coefficient (Wildman–Crippen LogP) is 2.29. The molecule has 13 heavy (non-hydrogen) atoms. The van der Waals surface area contributed by atoms with E-state index in [1.807, 2.05) is 23.9 Å². The van der Waals surface area contributed by atoms with E-state index >= 15 is 0 Å². The molecule has 0 radical (unpaired) electrons. The summed E-state index contributed by atoms with van der Waals surface area (Å²) in [5.74, 6) is 3.26. The molecule has 0 aliphatic heterocycles. The Balaban J connectivity index is 2.20. The monoisotopic (exact) mass is 199 g/mol. The molecule has 0 fully saturated rings. The van der Waals surface area contributed by atoms with Gasteiger partial charge in [-0.05, 0) is 18.4 Å². The molecule has 3 heteroatoms. The van der Waals surface area contributed by atoms with Gasteiger partial charge in [0.2, 0.25) is 0 Å². The first-order valence-electron chi connectivity index (χ1n) is 4.64. The molecule has 0 bridgehead atoms. The largest absolute Gasteiger partial charge is 0.465 e. The third-order valence-electron chi connectivity index (χ3n) is 1.85. The Kier molecular flexibility index (Phi) is 5.01. The molecular weight excluding hydrogens is 182 g/mol. The van der Waals surface area contributed by atoms with E-state index in [0.29, 0.717) is 0 Å². The molecule has 1 aromatic rings. The Morgan fingerprint density at radius 2 is 2.15 bits per heavy atom. The maximum absolute atomic E-state index is 5.54. The molecular formula is C10H17NOS. The molecule has 1 aromatic heterocycles. The minimum atomic E-state index is 0.848. The van der Waals surface area contributed by atoms with Crippen molar-refractivity contribution in [1.29, 1.82) is 0 Å².